The molecule has 5 nitrogen and oxygen atoms in total. The first-order valence-electron chi connectivity index (χ1n) is 9.23. The molecule has 144 valence electrons. The van der Waals surface area contributed by atoms with E-state index in [1.807, 2.05) is 18.1 Å². The highest BCUT2D eigenvalue weighted by Gasteiger charge is 2.26. The Balaban J connectivity index is 1.77. The fourth-order valence-corrected chi connectivity index (χ4v) is 3.35. The number of amides is 2. The summed E-state index contributed by atoms with van der Waals surface area (Å²) >= 11 is 0. The van der Waals surface area contributed by atoms with Gasteiger partial charge in [-0.25, -0.2) is 9.18 Å². The Bertz CT molecular complexity index is 833. The predicted molar refractivity (Wildman–Crippen MR) is 104 cm³/mol. The second-order valence-corrected chi connectivity index (χ2v) is 8.06. The Morgan fingerprint density at radius 1 is 1.22 bits per heavy atom. The first-order valence-corrected chi connectivity index (χ1v) is 9.23. The molecule has 6 heteroatoms. The summed E-state index contributed by atoms with van der Waals surface area (Å²) in [6.45, 7) is 7.88. The maximum absolute atomic E-state index is 13.3. The number of benzene rings is 1. The van der Waals surface area contributed by atoms with Gasteiger partial charge in [0.2, 0.25) is 0 Å². The molecule has 1 aliphatic heterocycles. The summed E-state index contributed by atoms with van der Waals surface area (Å²) in [6, 6.07) is 5.70. The number of hydrogen-bond acceptors (Lipinski definition) is 2. The molecule has 0 bridgehead atoms. The lowest BCUT2D eigenvalue weighted by Crippen LogP contribution is -2.44. The van der Waals surface area contributed by atoms with E-state index in [2.05, 4.69) is 37.3 Å². The lowest BCUT2D eigenvalue weighted by atomic mass is 9.83. The number of aromatic nitrogens is 2. The van der Waals surface area contributed by atoms with Crippen LogP contribution in [0.15, 0.2) is 48.3 Å². The number of hydrogen-bond donors (Lipinski definition) is 1. The van der Waals surface area contributed by atoms with Gasteiger partial charge in [-0.3, -0.25) is 4.68 Å². The van der Waals surface area contributed by atoms with E-state index in [1.165, 1.54) is 17.7 Å². The van der Waals surface area contributed by atoms with Gasteiger partial charge in [-0.05, 0) is 29.5 Å². The zero-order valence-corrected chi connectivity index (χ0v) is 16.4. The molecule has 1 atom stereocenters. The molecular weight excluding hydrogens is 343 g/mol. The molecule has 1 aliphatic rings. The van der Waals surface area contributed by atoms with Crippen molar-refractivity contribution < 1.29 is 9.18 Å². The zero-order valence-electron chi connectivity index (χ0n) is 16.4. The molecule has 0 spiro atoms. The van der Waals surface area contributed by atoms with E-state index in [4.69, 9.17) is 0 Å². The quantitative estimate of drug-likeness (QED) is 0.829. The second kappa shape index (κ2) is 7.55. The topological polar surface area (TPSA) is 50.2 Å². The minimum Gasteiger partial charge on any atom is -0.327 e. The molecule has 1 unspecified atom stereocenters. The molecule has 2 heterocycles. The van der Waals surface area contributed by atoms with Gasteiger partial charge in [0.25, 0.3) is 0 Å². The summed E-state index contributed by atoms with van der Waals surface area (Å²) in [5.74, 6) is -0.300. The summed E-state index contributed by atoms with van der Waals surface area (Å²) in [5, 5.41) is 7.29. The molecule has 0 radical (unpaired) electrons. The Labute approximate surface area is 159 Å². The van der Waals surface area contributed by atoms with E-state index in [1.54, 1.807) is 23.0 Å². The van der Waals surface area contributed by atoms with Crippen LogP contribution in [0.25, 0.3) is 0 Å². The van der Waals surface area contributed by atoms with E-state index in [9.17, 15) is 9.18 Å². The number of carbonyl (C=O) groups is 1. The smallest absolute Gasteiger partial charge is 0.318 e. The van der Waals surface area contributed by atoms with Crippen LogP contribution in [0.2, 0.25) is 0 Å². The largest absolute Gasteiger partial charge is 0.327 e. The van der Waals surface area contributed by atoms with Gasteiger partial charge in [0.1, 0.15) is 5.82 Å². The van der Waals surface area contributed by atoms with Crippen molar-refractivity contribution in [3.05, 3.63) is 65.3 Å². The first-order chi connectivity index (χ1) is 12.7. The average molecular weight is 370 g/mol. The van der Waals surface area contributed by atoms with Gasteiger partial charge in [-0.15, -0.1) is 0 Å². The lowest BCUT2D eigenvalue weighted by Gasteiger charge is -2.33. The van der Waals surface area contributed by atoms with Crippen LogP contribution >= 0.6 is 0 Å². The molecule has 2 aromatic rings. The SMILES string of the molecule is Cn1cc(C(NC(=O)N2CC=C(C(C)(C)C)CC2)c2ccc(F)cc2)cn1. The van der Waals surface area contributed by atoms with Crippen LogP contribution in [0.3, 0.4) is 0 Å². The number of nitrogens with one attached hydrogen (secondary N) is 1. The van der Waals surface area contributed by atoms with Crippen LogP contribution in [-0.2, 0) is 7.05 Å². The summed E-state index contributed by atoms with van der Waals surface area (Å²) in [5.41, 5.74) is 3.20. The fourth-order valence-electron chi connectivity index (χ4n) is 3.35. The number of halogens is 1. The van der Waals surface area contributed by atoms with E-state index < -0.39 is 0 Å². The molecule has 0 fully saturated rings. The standard InChI is InChI=1S/C21H27FN4O/c1-21(2,3)17-9-11-26(12-10-17)20(27)24-19(16-13-23-25(4)14-16)15-5-7-18(22)8-6-15/h5-9,13-14,19H,10-12H2,1-4H3,(H,24,27). The van der Waals surface area contributed by atoms with Crippen LogP contribution in [0.5, 0.6) is 0 Å². The van der Waals surface area contributed by atoms with Gasteiger partial charge in [-0.2, -0.15) is 5.10 Å². The highest BCUT2D eigenvalue weighted by atomic mass is 19.1. The van der Waals surface area contributed by atoms with Gasteiger partial charge in [-0.1, -0.05) is 44.6 Å². The molecule has 0 aliphatic carbocycles. The van der Waals surface area contributed by atoms with Crippen LogP contribution in [0, 0.1) is 11.2 Å². The average Bonchev–Trinajstić information content (AvgIpc) is 3.06. The van der Waals surface area contributed by atoms with E-state index >= 15 is 0 Å². The van der Waals surface area contributed by atoms with Gasteiger partial charge >= 0.3 is 6.03 Å². The van der Waals surface area contributed by atoms with Gasteiger partial charge in [0.05, 0.1) is 12.2 Å². The molecule has 27 heavy (non-hydrogen) atoms. The molecule has 1 aromatic heterocycles. The number of aryl methyl sites for hydroxylation is 1. The highest BCUT2D eigenvalue weighted by molar-refractivity contribution is 5.75. The normalized spacial score (nSPS) is 16.0. The monoisotopic (exact) mass is 370 g/mol. The van der Waals surface area contributed by atoms with Crippen molar-refractivity contribution in [1.29, 1.82) is 0 Å². The van der Waals surface area contributed by atoms with Crippen molar-refractivity contribution in [2.45, 2.75) is 33.2 Å². The molecule has 1 aromatic carbocycles. The Kier molecular flexibility index (Phi) is 5.35. The molecule has 3 rings (SSSR count). The maximum atomic E-state index is 13.3. The summed E-state index contributed by atoms with van der Waals surface area (Å²) in [4.78, 5) is 14.7. The van der Waals surface area contributed by atoms with Crippen LogP contribution < -0.4 is 5.32 Å². The zero-order chi connectivity index (χ0) is 19.6. The molecule has 2 amide bonds. The summed E-state index contributed by atoms with van der Waals surface area (Å²) < 4.78 is 15.0. The molecule has 0 saturated carbocycles. The van der Waals surface area contributed by atoms with Gasteiger partial charge in [0, 0.05) is 31.9 Å². The Morgan fingerprint density at radius 3 is 2.44 bits per heavy atom. The second-order valence-electron chi connectivity index (χ2n) is 8.06. The summed E-state index contributed by atoms with van der Waals surface area (Å²) in [7, 11) is 1.83. The number of carbonyl (C=O) groups excluding carboxylic acids is 1. The molecule has 1 N–H and O–H groups in total. The first kappa shape index (κ1) is 19.1. The number of rotatable bonds is 3. The molecular formula is C21H27FN4O. The maximum Gasteiger partial charge on any atom is 0.318 e. The fraction of sp³-hybridized carbons (Fsp3) is 0.429. The van der Waals surface area contributed by atoms with E-state index in [-0.39, 0.29) is 23.3 Å². The third-order valence-corrected chi connectivity index (χ3v) is 4.99. The van der Waals surface area contributed by atoms with E-state index in [0.29, 0.717) is 13.1 Å². The predicted octanol–water partition coefficient (Wildman–Crippen LogP) is 4.04. The van der Waals surface area contributed by atoms with Crippen LogP contribution in [0.4, 0.5) is 9.18 Å². The van der Waals surface area contributed by atoms with Gasteiger partial charge in [0.15, 0.2) is 0 Å². The minimum atomic E-state index is -0.375. The van der Waals surface area contributed by atoms with Crippen molar-refractivity contribution >= 4 is 6.03 Å². The lowest BCUT2D eigenvalue weighted by molar-refractivity contribution is 0.197. The minimum absolute atomic E-state index is 0.127. The highest BCUT2D eigenvalue weighted by Crippen LogP contribution is 2.30. The van der Waals surface area contributed by atoms with Crippen LogP contribution in [-0.4, -0.2) is 33.8 Å². The number of nitrogens with zero attached hydrogens (tertiary/aromatic N) is 3. The van der Waals surface area contributed by atoms with Crippen molar-refractivity contribution in [3.8, 4) is 0 Å². The van der Waals surface area contributed by atoms with E-state index in [0.717, 1.165) is 17.5 Å². The Morgan fingerprint density at radius 2 is 1.93 bits per heavy atom. The number of urea groups is 1. The van der Waals surface area contributed by atoms with Crippen molar-refractivity contribution in [1.82, 2.24) is 20.0 Å². The molecule has 0 saturated heterocycles. The third kappa shape index (κ3) is 4.56. The van der Waals surface area contributed by atoms with Crippen molar-refractivity contribution in [3.63, 3.8) is 0 Å². The van der Waals surface area contributed by atoms with Crippen molar-refractivity contribution in [2.24, 2.45) is 12.5 Å². The van der Waals surface area contributed by atoms with Crippen LogP contribution in [0.1, 0.15) is 44.4 Å². The van der Waals surface area contributed by atoms with Gasteiger partial charge < -0.3 is 10.2 Å². The van der Waals surface area contributed by atoms with Crippen molar-refractivity contribution in [2.75, 3.05) is 13.1 Å². The summed E-state index contributed by atoms with van der Waals surface area (Å²) in [6.07, 6.45) is 6.62. The third-order valence-electron chi connectivity index (χ3n) is 4.99. The Hall–Kier alpha value is -2.63.